The number of ether oxygens (including phenoxy) is 1. The van der Waals surface area contributed by atoms with Crippen molar-refractivity contribution in [3.8, 4) is 5.75 Å². The second kappa shape index (κ2) is 9.66. The smallest absolute Gasteiger partial charge is 0.262 e. The molecule has 6 nitrogen and oxygen atoms in total. The van der Waals surface area contributed by atoms with E-state index in [1.54, 1.807) is 30.3 Å². The molecule has 2 N–H and O–H groups in total. The molecule has 3 aromatic carbocycles. The summed E-state index contributed by atoms with van der Waals surface area (Å²) < 4.78 is 33.4. The lowest BCUT2D eigenvalue weighted by Crippen LogP contribution is -2.20. The molecule has 0 unspecified atom stereocenters. The van der Waals surface area contributed by atoms with Gasteiger partial charge < -0.3 is 10.1 Å². The number of nitrogens with one attached hydrogen (secondary N) is 2. The summed E-state index contributed by atoms with van der Waals surface area (Å²) in [5.41, 5.74) is 4.21. The third-order valence-corrected chi connectivity index (χ3v) is 6.28. The molecule has 0 aliphatic heterocycles. The van der Waals surface area contributed by atoms with Crippen molar-refractivity contribution < 1.29 is 17.9 Å². The van der Waals surface area contributed by atoms with E-state index in [-0.39, 0.29) is 17.4 Å². The predicted octanol–water partition coefficient (Wildman–Crippen LogP) is 4.68. The number of carbonyl (C=O) groups is 1. The Balaban J connectivity index is 1.59. The fourth-order valence-electron chi connectivity index (χ4n) is 2.94. The van der Waals surface area contributed by atoms with Gasteiger partial charge in [-0.15, -0.1) is 0 Å². The molecule has 0 fully saturated rings. The van der Waals surface area contributed by atoms with Crippen molar-refractivity contribution >= 4 is 27.3 Å². The molecule has 162 valence electrons. The Hall–Kier alpha value is -3.32. The van der Waals surface area contributed by atoms with Crippen LogP contribution in [0.5, 0.6) is 5.75 Å². The molecule has 0 aromatic heterocycles. The molecule has 0 heterocycles. The third-order valence-electron chi connectivity index (χ3n) is 4.88. The van der Waals surface area contributed by atoms with Crippen LogP contribution in [0.3, 0.4) is 0 Å². The topological polar surface area (TPSA) is 84.5 Å². The van der Waals surface area contributed by atoms with Crippen molar-refractivity contribution in [2.24, 2.45) is 0 Å². The van der Waals surface area contributed by atoms with Crippen molar-refractivity contribution in [1.29, 1.82) is 0 Å². The van der Waals surface area contributed by atoms with Crippen LogP contribution in [0.4, 0.5) is 11.4 Å². The van der Waals surface area contributed by atoms with Gasteiger partial charge in [0.25, 0.3) is 15.9 Å². The quantitative estimate of drug-likeness (QED) is 0.535. The highest BCUT2D eigenvalue weighted by Crippen LogP contribution is 2.20. The number of benzene rings is 3. The Labute approximate surface area is 183 Å². The maximum atomic E-state index is 12.6. The van der Waals surface area contributed by atoms with Crippen molar-refractivity contribution in [3.63, 3.8) is 0 Å². The van der Waals surface area contributed by atoms with Gasteiger partial charge in [0.05, 0.1) is 4.90 Å². The minimum absolute atomic E-state index is 0.108. The average molecular weight is 439 g/mol. The molecule has 0 saturated carbocycles. The molecule has 0 aliphatic rings. The second-order valence-corrected chi connectivity index (χ2v) is 8.95. The van der Waals surface area contributed by atoms with Crippen molar-refractivity contribution in [2.45, 2.75) is 32.1 Å². The maximum absolute atomic E-state index is 12.6. The monoisotopic (exact) mass is 438 g/mol. The van der Waals surface area contributed by atoms with Crippen LogP contribution in [0.25, 0.3) is 0 Å². The van der Waals surface area contributed by atoms with Crippen molar-refractivity contribution in [3.05, 3.63) is 83.4 Å². The van der Waals surface area contributed by atoms with Crippen LogP contribution in [0, 0.1) is 13.8 Å². The van der Waals surface area contributed by atoms with Crippen molar-refractivity contribution in [1.82, 2.24) is 0 Å². The number of hydrogen-bond donors (Lipinski definition) is 2. The summed E-state index contributed by atoms with van der Waals surface area (Å²) in [7, 11) is -3.73. The molecule has 0 bridgehead atoms. The molecule has 0 spiro atoms. The number of anilines is 2. The summed E-state index contributed by atoms with van der Waals surface area (Å²) in [4.78, 5) is 12.3. The molecule has 1 amide bonds. The number of hydrogen-bond acceptors (Lipinski definition) is 4. The SMILES string of the molecule is CCc1cccc(OCC(=O)Nc2ccc(S(=O)(=O)Nc3ccc(C)c(C)c3)cc2)c1. The molecular weight excluding hydrogens is 412 g/mol. The standard InChI is InChI=1S/C24H26N2O4S/c1-4-19-6-5-7-22(15-19)30-16-24(27)25-20-10-12-23(13-11-20)31(28,29)26-21-9-8-17(2)18(3)14-21/h5-15,26H,4,16H2,1-3H3,(H,25,27). The Bertz CT molecular complexity index is 1170. The summed E-state index contributed by atoms with van der Waals surface area (Å²) in [6.07, 6.45) is 0.886. The number of carbonyl (C=O) groups excluding carboxylic acids is 1. The molecule has 0 radical (unpaired) electrons. The molecular formula is C24H26N2O4S. The van der Waals surface area contributed by atoms with Gasteiger partial charge in [-0.3, -0.25) is 9.52 Å². The Morgan fingerprint density at radius 1 is 0.903 bits per heavy atom. The highest BCUT2D eigenvalue weighted by Gasteiger charge is 2.15. The molecule has 0 saturated heterocycles. The van der Waals surface area contributed by atoms with Gasteiger partial charge in [-0.1, -0.05) is 25.1 Å². The maximum Gasteiger partial charge on any atom is 0.262 e. The summed E-state index contributed by atoms with van der Waals surface area (Å²) in [6, 6.07) is 19.0. The third kappa shape index (κ3) is 6.08. The first-order valence-electron chi connectivity index (χ1n) is 9.98. The van der Waals surface area contributed by atoms with E-state index in [1.165, 1.54) is 12.1 Å². The average Bonchev–Trinajstić information content (AvgIpc) is 2.75. The first-order chi connectivity index (χ1) is 14.8. The van der Waals surface area contributed by atoms with E-state index in [2.05, 4.69) is 10.0 Å². The summed E-state index contributed by atoms with van der Waals surface area (Å²) in [6.45, 7) is 5.80. The molecule has 31 heavy (non-hydrogen) atoms. The number of sulfonamides is 1. The van der Waals surface area contributed by atoms with Crippen LogP contribution >= 0.6 is 0 Å². The van der Waals surface area contributed by atoms with Gasteiger partial charge in [0.2, 0.25) is 0 Å². The number of amides is 1. The van der Waals surface area contributed by atoms with Crippen LogP contribution in [-0.4, -0.2) is 20.9 Å². The van der Waals surface area contributed by atoms with Gasteiger partial charge in [-0.05, 0) is 85.5 Å². The number of rotatable bonds is 8. The predicted molar refractivity (Wildman–Crippen MR) is 123 cm³/mol. The van der Waals surface area contributed by atoms with Crippen LogP contribution in [0.15, 0.2) is 71.6 Å². The zero-order chi connectivity index (χ0) is 22.4. The normalized spacial score (nSPS) is 11.1. The van der Waals surface area contributed by atoms with Gasteiger partial charge in [0.1, 0.15) is 5.75 Å². The molecule has 3 aromatic rings. The fraction of sp³-hybridized carbons (Fsp3) is 0.208. The summed E-state index contributed by atoms with van der Waals surface area (Å²) in [5.74, 6) is 0.305. The first-order valence-corrected chi connectivity index (χ1v) is 11.5. The molecule has 0 atom stereocenters. The largest absolute Gasteiger partial charge is 0.484 e. The van der Waals surface area contributed by atoms with Crippen LogP contribution in [-0.2, 0) is 21.2 Å². The zero-order valence-electron chi connectivity index (χ0n) is 17.8. The van der Waals surface area contributed by atoms with E-state index in [0.717, 1.165) is 23.1 Å². The molecule has 3 rings (SSSR count). The highest BCUT2D eigenvalue weighted by atomic mass is 32.2. The van der Waals surface area contributed by atoms with Crippen LogP contribution in [0.1, 0.15) is 23.6 Å². The van der Waals surface area contributed by atoms with Crippen molar-refractivity contribution in [2.75, 3.05) is 16.6 Å². The van der Waals surface area contributed by atoms with Gasteiger partial charge in [0.15, 0.2) is 6.61 Å². The van der Waals surface area contributed by atoms with E-state index in [1.807, 2.05) is 45.0 Å². The Morgan fingerprint density at radius 2 is 1.61 bits per heavy atom. The van der Waals surface area contributed by atoms with E-state index >= 15 is 0 Å². The van der Waals surface area contributed by atoms with E-state index in [4.69, 9.17) is 4.74 Å². The molecule has 7 heteroatoms. The van der Waals surface area contributed by atoms with Gasteiger partial charge in [-0.25, -0.2) is 8.42 Å². The summed E-state index contributed by atoms with van der Waals surface area (Å²) in [5, 5.41) is 2.70. The van der Waals surface area contributed by atoms with Gasteiger partial charge in [0, 0.05) is 11.4 Å². The van der Waals surface area contributed by atoms with E-state index < -0.39 is 10.0 Å². The molecule has 0 aliphatic carbocycles. The van der Waals surface area contributed by atoms with Gasteiger partial charge in [-0.2, -0.15) is 0 Å². The van der Waals surface area contributed by atoms with Crippen LogP contribution in [0.2, 0.25) is 0 Å². The minimum Gasteiger partial charge on any atom is -0.484 e. The minimum atomic E-state index is -3.73. The summed E-state index contributed by atoms with van der Waals surface area (Å²) >= 11 is 0. The van der Waals surface area contributed by atoms with Gasteiger partial charge >= 0.3 is 0 Å². The lowest BCUT2D eigenvalue weighted by Gasteiger charge is -2.11. The van der Waals surface area contributed by atoms with Crippen LogP contribution < -0.4 is 14.8 Å². The fourth-order valence-corrected chi connectivity index (χ4v) is 3.99. The first kappa shape index (κ1) is 22.4. The van der Waals surface area contributed by atoms with E-state index in [0.29, 0.717) is 17.1 Å². The zero-order valence-corrected chi connectivity index (χ0v) is 18.6. The Morgan fingerprint density at radius 3 is 2.29 bits per heavy atom. The number of aryl methyl sites for hydroxylation is 3. The lowest BCUT2D eigenvalue weighted by atomic mass is 10.1. The lowest BCUT2D eigenvalue weighted by molar-refractivity contribution is -0.118. The second-order valence-electron chi connectivity index (χ2n) is 7.27. The Kier molecular flexibility index (Phi) is 6.97. The van der Waals surface area contributed by atoms with E-state index in [9.17, 15) is 13.2 Å². The highest BCUT2D eigenvalue weighted by molar-refractivity contribution is 7.92.